The third-order valence-corrected chi connectivity index (χ3v) is 6.17. The van der Waals surface area contributed by atoms with Crippen molar-refractivity contribution in [2.75, 3.05) is 13.1 Å². The molecule has 0 heterocycles. The minimum absolute atomic E-state index is 0.0656. The van der Waals surface area contributed by atoms with Gasteiger partial charge in [-0.2, -0.15) is 0 Å². The number of sulfonamides is 1. The smallest absolute Gasteiger partial charge is 0.240 e. The number of nitrogens with one attached hydrogen (secondary N) is 1. The molecule has 0 bridgehead atoms. The second-order valence-corrected chi connectivity index (χ2v) is 8.09. The third kappa shape index (κ3) is 3.84. The van der Waals surface area contributed by atoms with E-state index >= 15 is 0 Å². The van der Waals surface area contributed by atoms with E-state index in [1.54, 1.807) is 6.07 Å². The summed E-state index contributed by atoms with van der Waals surface area (Å²) < 4.78 is 27.8. The molecule has 5 heteroatoms. The van der Waals surface area contributed by atoms with Crippen LogP contribution >= 0.6 is 0 Å². The molecule has 1 fully saturated rings. The highest BCUT2D eigenvalue weighted by molar-refractivity contribution is 7.89. The molecule has 0 amide bonds. The average Bonchev–Trinajstić information content (AvgIpc) is 2.46. The maximum absolute atomic E-state index is 12.5. The van der Waals surface area contributed by atoms with Crippen molar-refractivity contribution < 1.29 is 8.42 Å². The van der Waals surface area contributed by atoms with Gasteiger partial charge in [0.2, 0.25) is 10.0 Å². The summed E-state index contributed by atoms with van der Waals surface area (Å²) in [6.07, 6.45) is 5.54. The number of rotatable bonds is 5. The highest BCUT2D eigenvalue weighted by atomic mass is 32.2. The Balaban J connectivity index is 2.13. The Kier molecular flexibility index (Phi) is 5.07. The summed E-state index contributed by atoms with van der Waals surface area (Å²) in [7, 11) is -3.46. The summed E-state index contributed by atoms with van der Waals surface area (Å²) >= 11 is 0. The fourth-order valence-corrected chi connectivity index (χ4v) is 4.56. The fraction of sp³-hybridized carbons (Fsp3) is 0.625. The first-order valence-corrected chi connectivity index (χ1v) is 9.14. The van der Waals surface area contributed by atoms with Gasteiger partial charge in [-0.05, 0) is 50.3 Å². The number of nitrogens with two attached hydrogens (primary N) is 1. The molecule has 0 radical (unpaired) electrons. The van der Waals surface area contributed by atoms with Crippen LogP contribution in [0.5, 0.6) is 0 Å². The van der Waals surface area contributed by atoms with Gasteiger partial charge in [0.15, 0.2) is 0 Å². The summed E-state index contributed by atoms with van der Waals surface area (Å²) in [5, 5.41) is 0. The molecule has 0 unspecified atom stereocenters. The molecule has 1 aliphatic carbocycles. The lowest BCUT2D eigenvalue weighted by Crippen LogP contribution is -2.43. The average molecular weight is 310 g/mol. The van der Waals surface area contributed by atoms with Gasteiger partial charge in [-0.15, -0.1) is 0 Å². The van der Waals surface area contributed by atoms with Gasteiger partial charge in [-0.25, -0.2) is 13.1 Å². The van der Waals surface area contributed by atoms with Crippen molar-refractivity contribution in [1.82, 2.24) is 4.72 Å². The lowest BCUT2D eigenvalue weighted by atomic mass is 9.74. The number of hydrogen-bond donors (Lipinski definition) is 2. The maximum atomic E-state index is 12.5. The van der Waals surface area contributed by atoms with E-state index in [1.165, 1.54) is 6.42 Å². The molecule has 0 spiro atoms. The zero-order valence-electron chi connectivity index (χ0n) is 13.0. The fourth-order valence-electron chi connectivity index (χ4n) is 3.18. The molecule has 21 heavy (non-hydrogen) atoms. The molecule has 118 valence electrons. The van der Waals surface area contributed by atoms with Crippen LogP contribution in [-0.4, -0.2) is 21.5 Å². The zero-order valence-corrected chi connectivity index (χ0v) is 13.8. The van der Waals surface area contributed by atoms with E-state index < -0.39 is 10.0 Å². The molecule has 0 saturated heterocycles. The van der Waals surface area contributed by atoms with E-state index in [-0.39, 0.29) is 5.41 Å². The van der Waals surface area contributed by atoms with Gasteiger partial charge in [-0.1, -0.05) is 37.0 Å². The van der Waals surface area contributed by atoms with E-state index in [9.17, 15) is 8.42 Å². The van der Waals surface area contributed by atoms with Crippen LogP contribution in [0.2, 0.25) is 0 Å². The Labute approximate surface area is 128 Å². The molecule has 0 atom stereocenters. The standard InChI is InChI=1S/C16H26N2O2S/c1-13-6-7-15(14(2)10-13)21(19,20)18-12-16(11-17)8-4-3-5-9-16/h6-7,10,18H,3-5,8-9,11-12,17H2,1-2H3. The second-order valence-electron chi connectivity index (χ2n) is 6.36. The van der Waals surface area contributed by atoms with Crippen molar-refractivity contribution >= 4 is 10.0 Å². The van der Waals surface area contributed by atoms with Gasteiger partial charge >= 0.3 is 0 Å². The minimum atomic E-state index is -3.46. The van der Waals surface area contributed by atoms with Crippen LogP contribution < -0.4 is 10.5 Å². The van der Waals surface area contributed by atoms with Crippen molar-refractivity contribution in [3.8, 4) is 0 Å². The minimum Gasteiger partial charge on any atom is -0.330 e. The monoisotopic (exact) mass is 310 g/mol. The van der Waals surface area contributed by atoms with Crippen LogP contribution in [0.3, 0.4) is 0 Å². The molecular formula is C16H26N2O2S. The Morgan fingerprint density at radius 2 is 1.86 bits per heavy atom. The Bertz CT molecular complexity index is 590. The Hall–Kier alpha value is -0.910. The maximum Gasteiger partial charge on any atom is 0.240 e. The molecule has 3 N–H and O–H groups in total. The second kappa shape index (κ2) is 6.46. The molecule has 2 rings (SSSR count). The van der Waals surface area contributed by atoms with Crippen molar-refractivity contribution in [2.45, 2.75) is 50.8 Å². The summed E-state index contributed by atoms with van der Waals surface area (Å²) in [6.45, 7) is 4.78. The van der Waals surface area contributed by atoms with Crippen LogP contribution in [0.4, 0.5) is 0 Å². The molecule has 0 aliphatic heterocycles. The van der Waals surface area contributed by atoms with E-state index in [1.807, 2.05) is 26.0 Å². The lowest BCUT2D eigenvalue weighted by Gasteiger charge is -2.36. The van der Waals surface area contributed by atoms with Crippen molar-refractivity contribution in [3.05, 3.63) is 29.3 Å². The summed E-state index contributed by atoms with van der Waals surface area (Å²) in [4.78, 5) is 0.371. The normalized spacial score (nSPS) is 18.6. The van der Waals surface area contributed by atoms with Crippen LogP contribution in [0, 0.1) is 19.3 Å². The predicted molar refractivity (Wildman–Crippen MR) is 85.7 cm³/mol. The summed E-state index contributed by atoms with van der Waals surface area (Å²) in [6, 6.07) is 5.41. The number of hydrogen-bond acceptors (Lipinski definition) is 3. The van der Waals surface area contributed by atoms with Gasteiger partial charge in [0.1, 0.15) is 0 Å². The van der Waals surface area contributed by atoms with Crippen molar-refractivity contribution in [2.24, 2.45) is 11.1 Å². The quantitative estimate of drug-likeness (QED) is 0.877. The lowest BCUT2D eigenvalue weighted by molar-refractivity contribution is 0.202. The Morgan fingerprint density at radius 1 is 1.19 bits per heavy atom. The first kappa shape index (κ1) is 16.5. The zero-order chi connectivity index (χ0) is 15.5. The first-order chi connectivity index (χ1) is 9.88. The van der Waals surface area contributed by atoms with Gasteiger partial charge < -0.3 is 5.73 Å². The molecule has 1 aliphatic rings. The largest absolute Gasteiger partial charge is 0.330 e. The van der Waals surface area contributed by atoms with E-state index in [0.29, 0.717) is 18.0 Å². The van der Waals surface area contributed by atoms with Gasteiger partial charge in [0, 0.05) is 6.54 Å². The predicted octanol–water partition coefficient (Wildman–Crippen LogP) is 2.49. The van der Waals surface area contributed by atoms with Crippen LogP contribution in [-0.2, 0) is 10.0 Å². The van der Waals surface area contributed by atoms with E-state index in [2.05, 4.69) is 4.72 Å². The molecule has 4 nitrogen and oxygen atoms in total. The topological polar surface area (TPSA) is 72.2 Å². The van der Waals surface area contributed by atoms with Gasteiger partial charge in [-0.3, -0.25) is 0 Å². The molecule has 1 aromatic carbocycles. The van der Waals surface area contributed by atoms with Crippen LogP contribution in [0.15, 0.2) is 23.1 Å². The Morgan fingerprint density at radius 3 is 2.43 bits per heavy atom. The van der Waals surface area contributed by atoms with Crippen LogP contribution in [0.25, 0.3) is 0 Å². The highest BCUT2D eigenvalue weighted by Crippen LogP contribution is 2.35. The molecule has 1 aromatic rings. The van der Waals surface area contributed by atoms with Crippen molar-refractivity contribution in [1.29, 1.82) is 0 Å². The van der Waals surface area contributed by atoms with Crippen LogP contribution in [0.1, 0.15) is 43.2 Å². The summed E-state index contributed by atoms with van der Waals surface area (Å²) in [5.41, 5.74) is 7.71. The molecule has 0 aromatic heterocycles. The highest BCUT2D eigenvalue weighted by Gasteiger charge is 2.32. The first-order valence-electron chi connectivity index (χ1n) is 7.66. The van der Waals surface area contributed by atoms with E-state index in [4.69, 9.17) is 5.73 Å². The van der Waals surface area contributed by atoms with Gasteiger partial charge in [0.25, 0.3) is 0 Å². The molecule has 1 saturated carbocycles. The number of benzene rings is 1. The SMILES string of the molecule is Cc1ccc(S(=O)(=O)NCC2(CN)CCCCC2)c(C)c1. The number of aryl methyl sites for hydroxylation is 2. The summed E-state index contributed by atoms with van der Waals surface area (Å²) in [5.74, 6) is 0. The van der Waals surface area contributed by atoms with Gasteiger partial charge in [0.05, 0.1) is 4.90 Å². The third-order valence-electron chi connectivity index (χ3n) is 4.60. The molecular weight excluding hydrogens is 284 g/mol. The van der Waals surface area contributed by atoms with Crippen molar-refractivity contribution in [3.63, 3.8) is 0 Å². The van der Waals surface area contributed by atoms with E-state index in [0.717, 1.165) is 36.8 Å².